The Labute approximate surface area is 87.8 Å². The van der Waals surface area contributed by atoms with Crippen LogP contribution in [-0.4, -0.2) is 4.98 Å². The first-order chi connectivity index (χ1) is 6.75. The zero-order valence-electron chi connectivity index (χ0n) is 7.81. The second-order valence-electron chi connectivity index (χ2n) is 3.10. The summed E-state index contributed by atoms with van der Waals surface area (Å²) < 4.78 is 1.98. The molecule has 14 heavy (non-hydrogen) atoms. The molecule has 2 rings (SSSR count). The van der Waals surface area contributed by atoms with Crippen LogP contribution in [0, 0.1) is 0 Å². The molecule has 3 heteroatoms. The van der Waals surface area contributed by atoms with Crippen molar-refractivity contribution in [2.45, 2.75) is 0 Å². The number of hydrogen-bond acceptors (Lipinski definition) is 1. The minimum absolute atomic E-state index is 0.522. The van der Waals surface area contributed by atoms with Crippen LogP contribution in [0.2, 0.25) is 5.15 Å². The fourth-order valence-corrected chi connectivity index (χ4v) is 1.47. The molecule has 0 unspecified atom stereocenters. The van der Waals surface area contributed by atoms with Gasteiger partial charge in [-0.15, -0.1) is 0 Å². The summed E-state index contributed by atoms with van der Waals surface area (Å²) in [6, 6.07) is 9.61. The van der Waals surface area contributed by atoms with Crippen molar-refractivity contribution in [1.29, 1.82) is 0 Å². The Morgan fingerprint density at radius 1 is 1.21 bits per heavy atom. The van der Waals surface area contributed by atoms with Gasteiger partial charge >= 0.3 is 0 Å². The number of halogens is 1. The van der Waals surface area contributed by atoms with Crippen LogP contribution in [0.25, 0.3) is 11.3 Å². The molecular formula is C11H10ClN2+. The van der Waals surface area contributed by atoms with E-state index in [4.69, 9.17) is 11.6 Å². The van der Waals surface area contributed by atoms with Crippen molar-refractivity contribution < 1.29 is 4.57 Å². The maximum Gasteiger partial charge on any atom is 0.177 e. The number of aryl methyl sites for hydroxylation is 1. The van der Waals surface area contributed by atoms with Crippen LogP contribution in [0.5, 0.6) is 0 Å². The molecular weight excluding hydrogens is 196 g/mol. The number of rotatable bonds is 1. The molecule has 2 heterocycles. The quantitative estimate of drug-likeness (QED) is 0.515. The fourth-order valence-electron chi connectivity index (χ4n) is 1.31. The third-order valence-corrected chi connectivity index (χ3v) is 2.16. The van der Waals surface area contributed by atoms with Gasteiger partial charge in [0.1, 0.15) is 12.2 Å². The molecule has 2 aromatic heterocycles. The number of aromatic nitrogens is 2. The van der Waals surface area contributed by atoms with Gasteiger partial charge < -0.3 is 0 Å². The van der Waals surface area contributed by atoms with Crippen LogP contribution in [0.4, 0.5) is 0 Å². The number of nitrogens with zero attached hydrogens (tertiary/aromatic N) is 2. The largest absolute Gasteiger partial charge is 0.236 e. The van der Waals surface area contributed by atoms with Crippen LogP contribution >= 0.6 is 11.6 Å². The van der Waals surface area contributed by atoms with Crippen LogP contribution in [0.1, 0.15) is 0 Å². The third kappa shape index (κ3) is 1.91. The number of pyridine rings is 2. The molecule has 2 nitrogen and oxygen atoms in total. The Morgan fingerprint density at radius 2 is 2.07 bits per heavy atom. The van der Waals surface area contributed by atoms with E-state index in [0.29, 0.717) is 5.15 Å². The summed E-state index contributed by atoms with van der Waals surface area (Å²) in [5.41, 5.74) is 1.96. The standard InChI is InChI=1S/C11H10ClN2/c1-14-7-3-4-9(8-14)10-5-2-6-11(12)13-10/h2-8H,1H3/q+1. The molecule has 0 aliphatic heterocycles. The van der Waals surface area contributed by atoms with Crippen molar-refractivity contribution in [3.05, 3.63) is 47.9 Å². The Hall–Kier alpha value is -1.41. The van der Waals surface area contributed by atoms with E-state index in [1.165, 1.54) is 0 Å². The molecule has 0 fully saturated rings. The lowest BCUT2D eigenvalue weighted by Crippen LogP contribution is -2.26. The summed E-state index contributed by atoms with van der Waals surface area (Å²) in [7, 11) is 1.98. The molecule has 0 aliphatic rings. The lowest BCUT2D eigenvalue weighted by atomic mass is 10.2. The Balaban J connectivity index is 2.49. The lowest BCUT2D eigenvalue weighted by molar-refractivity contribution is -0.671. The van der Waals surface area contributed by atoms with E-state index in [1.54, 1.807) is 6.07 Å². The highest BCUT2D eigenvalue weighted by Gasteiger charge is 2.02. The van der Waals surface area contributed by atoms with Gasteiger partial charge in [0.15, 0.2) is 12.4 Å². The topological polar surface area (TPSA) is 16.8 Å². The van der Waals surface area contributed by atoms with Crippen molar-refractivity contribution in [2.75, 3.05) is 0 Å². The van der Waals surface area contributed by atoms with Crippen molar-refractivity contribution in [3.63, 3.8) is 0 Å². The van der Waals surface area contributed by atoms with Gasteiger partial charge in [-0.05, 0) is 18.2 Å². The third-order valence-electron chi connectivity index (χ3n) is 1.95. The van der Waals surface area contributed by atoms with Crippen molar-refractivity contribution in [3.8, 4) is 11.3 Å². The van der Waals surface area contributed by atoms with Gasteiger partial charge in [0.25, 0.3) is 0 Å². The van der Waals surface area contributed by atoms with Gasteiger partial charge in [0.2, 0.25) is 0 Å². The van der Waals surface area contributed by atoms with E-state index in [-0.39, 0.29) is 0 Å². The van der Waals surface area contributed by atoms with Gasteiger partial charge in [-0.1, -0.05) is 17.7 Å². The predicted octanol–water partition coefficient (Wildman–Crippen LogP) is 2.23. The van der Waals surface area contributed by atoms with Gasteiger partial charge in [-0.2, -0.15) is 0 Å². The average Bonchev–Trinajstić information content (AvgIpc) is 2.18. The highest BCUT2D eigenvalue weighted by Crippen LogP contribution is 2.16. The van der Waals surface area contributed by atoms with E-state index in [1.807, 2.05) is 48.3 Å². The van der Waals surface area contributed by atoms with Crippen molar-refractivity contribution >= 4 is 11.6 Å². The molecule has 0 aromatic carbocycles. The van der Waals surface area contributed by atoms with Crippen LogP contribution in [0.15, 0.2) is 42.7 Å². The smallest absolute Gasteiger partial charge is 0.177 e. The Kier molecular flexibility index (Phi) is 2.46. The van der Waals surface area contributed by atoms with E-state index < -0.39 is 0 Å². The van der Waals surface area contributed by atoms with Crippen LogP contribution in [-0.2, 0) is 7.05 Å². The Morgan fingerprint density at radius 3 is 2.79 bits per heavy atom. The SMILES string of the molecule is C[n+]1cccc(-c2cccc(Cl)n2)c1. The molecule has 70 valence electrons. The maximum atomic E-state index is 5.82. The molecule has 0 bridgehead atoms. The van der Waals surface area contributed by atoms with Crippen molar-refractivity contribution in [1.82, 2.24) is 4.98 Å². The van der Waals surface area contributed by atoms with Gasteiger partial charge in [0, 0.05) is 6.07 Å². The molecule has 0 N–H and O–H groups in total. The second-order valence-corrected chi connectivity index (χ2v) is 3.49. The molecule has 0 spiro atoms. The summed E-state index contributed by atoms with van der Waals surface area (Å²) in [5, 5.41) is 0.522. The predicted molar refractivity (Wildman–Crippen MR) is 55.9 cm³/mol. The summed E-state index contributed by atoms with van der Waals surface area (Å²) >= 11 is 5.82. The summed E-state index contributed by atoms with van der Waals surface area (Å²) in [6.45, 7) is 0. The highest BCUT2D eigenvalue weighted by molar-refractivity contribution is 6.29. The first-order valence-electron chi connectivity index (χ1n) is 4.34. The van der Waals surface area contributed by atoms with E-state index in [9.17, 15) is 0 Å². The van der Waals surface area contributed by atoms with Crippen LogP contribution in [0.3, 0.4) is 0 Å². The highest BCUT2D eigenvalue weighted by atomic mass is 35.5. The monoisotopic (exact) mass is 205 g/mol. The van der Waals surface area contributed by atoms with Crippen molar-refractivity contribution in [2.24, 2.45) is 7.05 Å². The molecule has 2 aromatic rings. The fraction of sp³-hybridized carbons (Fsp3) is 0.0909. The Bertz CT molecular complexity index is 411. The molecule has 0 aliphatic carbocycles. The first-order valence-corrected chi connectivity index (χ1v) is 4.72. The second kappa shape index (κ2) is 3.76. The number of hydrogen-bond donors (Lipinski definition) is 0. The molecule has 0 saturated carbocycles. The van der Waals surface area contributed by atoms with Gasteiger partial charge in [-0.3, -0.25) is 0 Å². The lowest BCUT2D eigenvalue weighted by Gasteiger charge is -1.98. The molecule has 0 amide bonds. The zero-order valence-corrected chi connectivity index (χ0v) is 8.57. The average molecular weight is 206 g/mol. The summed E-state index contributed by atoms with van der Waals surface area (Å²) in [5.74, 6) is 0. The van der Waals surface area contributed by atoms with E-state index >= 15 is 0 Å². The first kappa shape index (κ1) is 9.16. The molecule has 0 atom stereocenters. The summed E-state index contributed by atoms with van der Waals surface area (Å²) in [4.78, 5) is 4.24. The van der Waals surface area contributed by atoms with Gasteiger partial charge in [0.05, 0.1) is 11.3 Å². The normalized spacial score (nSPS) is 10.1. The maximum absolute atomic E-state index is 5.82. The minimum atomic E-state index is 0.522. The van der Waals surface area contributed by atoms with Gasteiger partial charge in [-0.25, -0.2) is 9.55 Å². The molecule has 0 radical (unpaired) electrons. The van der Waals surface area contributed by atoms with Crippen LogP contribution < -0.4 is 4.57 Å². The summed E-state index contributed by atoms with van der Waals surface area (Å²) in [6.07, 6.45) is 3.99. The molecule has 0 saturated heterocycles. The van der Waals surface area contributed by atoms with E-state index in [0.717, 1.165) is 11.3 Å². The zero-order chi connectivity index (χ0) is 9.97. The van der Waals surface area contributed by atoms with E-state index in [2.05, 4.69) is 4.98 Å². The minimum Gasteiger partial charge on any atom is -0.236 e.